The van der Waals surface area contributed by atoms with Gasteiger partial charge in [-0.1, -0.05) is 42.1 Å². The molecule has 0 unspecified atom stereocenters. The third kappa shape index (κ3) is 5.63. The van der Waals surface area contributed by atoms with Crippen LogP contribution in [0.2, 0.25) is 0 Å². The topological polar surface area (TPSA) is 35.1 Å². The van der Waals surface area contributed by atoms with Gasteiger partial charge in [-0.25, -0.2) is 4.39 Å². The molecule has 0 bridgehead atoms. The SMILES string of the molecule is COc1cc(Sc2ccccc2)c(OC)cc1[NH2+]Cc1ccc(F)cc1.[Cl-]. The van der Waals surface area contributed by atoms with Crippen LogP contribution in [-0.4, -0.2) is 14.2 Å². The van der Waals surface area contributed by atoms with Gasteiger partial charge in [0, 0.05) is 22.6 Å². The van der Waals surface area contributed by atoms with Gasteiger partial charge in [0.2, 0.25) is 0 Å². The van der Waals surface area contributed by atoms with Crippen LogP contribution in [0.3, 0.4) is 0 Å². The van der Waals surface area contributed by atoms with Crippen LogP contribution in [0.25, 0.3) is 0 Å². The summed E-state index contributed by atoms with van der Waals surface area (Å²) in [5.74, 6) is 1.35. The molecule has 3 nitrogen and oxygen atoms in total. The summed E-state index contributed by atoms with van der Waals surface area (Å²) in [5.41, 5.74) is 1.99. The minimum Gasteiger partial charge on any atom is -1.00 e. The second-order valence-electron chi connectivity index (χ2n) is 5.69. The van der Waals surface area contributed by atoms with Gasteiger partial charge < -0.3 is 27.2 Å². The highest BCUT2D eigenvalue weighted by molar-refractivity contribution is 7.99. The molecule has 0 heterocycles. The van der Waals surface area contributed by atoms with Crippen LogP contribution >= 0.6 is 11.8 Å². The van der Waals surface area contributed by atoms with E-state index in [2.05, 4.69) is 17.4 Å². The zero-order valence-corrected chi connectivity index (χ0v) is 16.7. The molecule has 3 aromatic rings. The van der Waals surface area contributed by atoms with Crippen molar-refractivity contribution in [2.45, 2.75) is 16.3 Å². The maximum atomic E-state index is 13.0. The first-order valence-corrected chi connectivity index (χ1v) is 9.08. The number of halogens is 2. The van der Waals surface area contributed by atoms with Crippen molar-refractivity contribution < 1.29 is 31.6 Å². The molecule has 27 heavy (non-hydrogen) atoms. The fourth-order valence-electron chi connectivity index (χ4n) is 2.60. The maximum Gasteiger partial charge on any atom is 0.181 e. The lowest BCUT2D eigenvalue weighted by atomic mass is 10.2. The molecule has 0 aliphatic rings. The molecule has 0 aliphatic heterocycles. The number of nitrogens with two attached hydrogens (primary N) is 1. The number of quaternary nitrogens is 1. The van der Waals surface area contributed by atoms with Gasteiger partial charge in [0.15, 0.2) is 11.4 Å². The number of methoxy groups -OCH3 is 2. The number of benzene rings is 3. The van der Waals surface area contributed by atoms with Gasteiger partial charge >= 0.3 is 0 Å². The normalized spacial score (nSPS) is 10.2. The van der Waals surface area contributed by atoms with Crippen LogP contribution < -0.4 is 27.2 Å². The Balaban J connectivity index is 0.00000261. The minimum absolute atomic E-state index is 0. The van der Waals surface area contributed by atoms with Gasteiger partial charge in [-0.2, -0.15) is 0 Å². The largest absolute Gasteiger partial charge is 1.00 e. The van der Waals surface area contributed by atoms with Crippen LogP contribution in [-0.2, 0) is 6.54 Å². The summed E-state index contributed by atoms with van der Waals surface area (Å²) in [6.45, 7) is 0.685. The third-order valence-corrected chi connectivity index (χ3v) is 5.00. The molecule has 3 rings (SSSR count). The molecule has 0 aliphatic carbocycles. The fourth-order valence-corrected chi connectivity index (χ4v) is 3.55. The summed E-state index contributed by atoms with van der Waals surface area (Å²) in [5, 5.41) is 2.06. The Morgan fingerprint density at radius 1 is 0.889 bits per heavy atom. The van der Waals surface area contributed by atoms with E-state index in [1.54, 1.807) is 38.1 Å². The molecule has 0 amide bonds. The van der Waals surface area contributed by atoms with Gasteiger partial charge in [0.05, 0.1) is 19.1 Å². The summed E-state index contributed by atoms with van der Waals surface area (Å²) >= 11 is 1.63. The van der Waals surface area contributed by atoms with Gasteiger partial charge in [-0.05, 0) is 24.3 Å². The van der Waals surface area contributed by atoms with E-state index in [0.29, 0.717) is 6.54 Å². The van der Waals surface area contributed by atoms with Gasteiger partial charge in [0.25, 0.3) is 0 Å². The van der Waals surface area contributed by atoms with Crippen molar-refractivity contribution in [1.29, 1.82) is 0 Å². The summed E-state index contributed by atoms with van der Waals surface area (Å²) in [6, 6.07) is 20.6. The minimum atomic E-state index is -0.227. The van der Waals surface area contributed by atoms with Crippen molar-refractivity contribution in [1.82, 2.24) is 0 Å². The second-order valence-corrected chi connectivity index (χ2v) is 6.81. The molecule has 0 spiro atoms. The first kappa shape index (κ1) is 21.1. The summed E-state index contributed by atoms with van der Waals surface area (Å²) in [7, 11) is 3.33. The Hall–Kier alpha value is -2.21. The van der Waals surface area contributed by atoms with Gasteiger partial charge in [0.1, 0.15) is 18.1 Å². The summed E-state index contributed by atoms with van der Waals surface area (Å²) < 4.78 is 24.2. The van der Waals surface area contributed by atoms with Crippen molar-refractivity contribution in [2.24, 2.45) is 0 Å². The average Bonchev–Trinajstić information content (AvgIpc) is 2.68. The molecular formula is C21H21ClFNO2S. The maximum absolute atomic E-state index is 13.0. The predicted octanol–water partition coefficient (Wildman–Crippen LogP) is 1.39. The van der Waals surface area contributed by atoms with Gasteiger partial charge in [-0.3, -0.25) is 0 Å². The highest BCUT2D eigenvalue weighted by atomic mass is 35.5. The number of hydrogen-bond donors (Lipinski definition) is 1. The lowest BCUT2D eigenvalue weighted by molar-refractivity contribution is -0.589. The molecular weight excluding hydrogens is 385 g/mol. The van der Waals surface area contributed by atoms with Crippen molar-refractivity contribution in [3.05, 3.63) is 78.1 Å². The molecule has 0 atom stereocenters. The van der Waals surface area contributed by atoms with Crippen LogP contribution in [0.1, 0.15) is 5.56 Å². The first-order valence-electron chi connectivity index (χ1n) is 8.26. The summed E-state index contributed by atoms with van der Waals surface area (Å²) in [4.78, 5) is 2.13. The zero-order valence-electron chi connectivity index (χ0n) is 15.1. The lowest BCUT2D eigenvalue weighted by Gasteiger charge is -2.13. The van der Waals surface area contributed by atoms with E-state index in [9.17, 15) is 4.39 Å². The van der Waals surface area contributed by atoms with E-state index in [1.807, 2.05) is 30.3 Å². The predicted molar refractivity (Wildman–Crippen MR) is 102 cm³/mol. The Labute approximate surface area is 169 Å². The Morgan fingerprint density at radius 2 is 1.56 bits per heavy atom. The number of ether oxygens (including phenoxy) is 2. The molecule has 3 aromatic carbocycles. The molecule has 0 aromatic heterocycles. The highest BCUT2D eigenvalue weighted by Gasteiger charge is 2.15. The highest BCUT2D eigenvalue weighted by Crippen LogP contribution is 2.39. The van der Waals surface area contributed by atoms with E-state index in [1.165, 1.54) is 12.1 Å². The number of hydrogen-bond acceptors (Lipinski definition) is 3. The molecule has 142 valence electrons. The summed E-state index contributed by atoms with van der Waals surface area (Å²) in [6.07, 6.45) is 0. The molecule has 0 fully saturated rings. The molecule has 6 heteroatoms. The Morgan fingerprint density at radius 3 is 2.19 bits per heavy atom. The van der Waals surface area contributed by atoms with Gasteiger partial charge in [-0.15, -0.1) is 0 Å². The Kier molecular flexibility index (Phi) is 7.98. The fraction of sp³-hybridized carbons (Fsp3) is 0.143. The van der Waals surface area contributed by atoms with Crippen LogP contribution in [0.4, 0.5) is 10.1 Å². The monoisotopic (exact) mass is 405 g/mol. The van der Waals surface area contributed by atoms with Crippen molar-refractivity contribution in [2.75, 3.05) is 14.2 Å². The first-order chi connectivity index (χ1) is 12.7. The van der Waals surface area contributed by atoms with Crippen LogP contribution in [0, 0.1) is 5.82 Å². The molecule has 0 radical (unpaired) electrons. The van der Waals surface area contributed by atoms with E-state index in [4.69, 9.17) is 9.47 Å². The second kappa shape index (κ2) is 10.2. The van der Waals surface area contributed by atoms with E-state index >= 15 is 0 Å². The molecule has 2 N–H and O–H groups in total. The molecule has 0 saturated heterocycles. The van der Waals surface area contributed by atoms with E-state index < -0.39 is 0 Å². The van der Waals surface area contributed by atoms with Crippen molar-refractivity contribution >= 4 is 17.4 Å². The van der Waals surface area contributed by atoms with E-state index in [0.717, 1.165) is 32.5 Å². The standard InChI is InChI=1S/C21H20FNO2S.ClH/c1-24-19-13-21(26-17-6-4-3-5-7-17)20(25-2)12-18(19)23-14-15-8-10-16(22)11-9-15;/h3-13,23H,14H2,1-2H3;1H. The Bertz CT molecular complexity index is 860. The lowest BCUT2D eigenvalue weighted by Crippen LogP contribution is -3.00. The molecule has 0 saturated carbocycles. The average molecular weight is 406 g/mol. The smallest absolute Gasteiger partial charge is 0.181 e. The van der Waals surface area contributed by atoms with Crippen molar-refractivity contribution in [3.8, 4) is 11.5 Å². The number of rotatable bonds is 7. The zero-order chi connectivity index (χ0) is 18.4. The van der Waals surface area contributed by atoms with E-state index in [-0.39, 0.29) is 18.2 Å². The van der Waals surface area contributed by atoms with Crippen LogP contribution in [0.15, 0.2) is 76.5 Å². The van der Waals surface area contributed by atoms with Crippen LogP contribution in [0.5, 0.6) is 11.5 Å². The third-order valence-electron chi connectivity index (χ3n) is 3.96. The van der Waals surface area contributed by atoms with Crippen molar-refractivity contribution in [3.63, 3.8) is 0 Å². The quantitative estimate of drug-likeness (QED) is 0.603.